The monoisotopic (exact) mass is 471 g/mol. The van der Waals surface area contributed by atoms with Crippen molar-refractivity contribution in [3.05, 3.63) is 105 Å². The molecule has 5 heteroatoms. The highest BCUT2D eigenvalue weighted by Crippen LogP contribution is 2.21. The van der Waals surface area contributed by atoms with Crippen molar-refractivity contribution in [2.45, 2.75) is 6.04 Å². The van der Waals surface area contributed by atoms with Gasteiger partial charge in [-0.3, -0.25) is 4.79 Å². The Bertz CT molecular complexity index is 874. The lowest BCUT2D eigenvalue weighted by molar-refractivity contribution is -0.124. The predicted octanol–water partition coefficient (Wildman–Crippen LogP) is 4.35. The highest BCUT2D eigenvalue weighted by Gasteiger charge is 2.18. The van der Waals surface area contributed by atoms with Crippen molar-refractivity contribution in [2.24, 2.45) is 0 Å². The van der Waals surface area contributed by atoms with Crippen LogP contribution in [-0.4, -0.2) is 18.5 Å². The van der Waals surface area contributed by atoms with Gasteiger partial charge in [-0.1, -0.05) is 72.8 Å². The van der Waals surface area contributed by atoms with Crippen LogP contribution in [0.4, 0.5) is 0 Å². The number of halogens is 1. The minimum absolute atomic E-state index is 0.310. The van der Waals surface area contributed by atoms with Gasteiger partial charge in [0.25, 0.3) is 5.91 Å². The SMILES string of the molecule is O=C(COC(=O)c1ccccc1I)NC(c1ccccc1)c1ccccc1. The summed E-state index contributed by atoms with van der Waals surface area (Å²) in [6, 6.07) is 26.2. The molecule has 0 heterocycles. The summed E-state index contributed by atoms with van der Waals surface area (Å²) in [5, 5.41) is 2.95. The van der Waals surface area contributed by atoms with Crippen molar-refractivity contribution >= 4 is 34.5 Å². The molecule has 0 atom stereocenters. The van der Waals surface area contributed by atoms with E-state index in [0.29, 0.717) is 5.56 Å². The fourth-order valence-corrected chi connectivity index (χ4v) is 3.30. The molecule has 0 aliphatic carbocycles. The molecule has 3 aromatic carbocycles. The fraction of sp³-hybridized carbons (Fsp3) is 0.0909. The van der Waals surface area contributed by atoms with Crippen molar-refractivity contribution in [1.29, 1.82) is 0 Å². The van der Waals surface area contributed by atoms with Crippen LogP contribution in [0.1, 0.15) is 27.5 Å². The molecule has 0 radical (unpaired) electrons. The van der Waals surface area contributed by atoms with Gasteiger partial charge in [0.05, 0.1) is 11.6 Å². The number of benzene rings is 3. The van der Waals surface area contributed by atoms with Gasteiger partial charge in [0.1, 0.15) is 0 Å². The van der Waals surface area contributed by atoms with Crippen LogP contribution in [0.3, 0.4) is 0 Å². The molecular weight excluding hydrogens is 453 g/mol. The average Bonchev–Trinajstić information content (AvgIpc) is 2.72. The summed E-state index contributed by atoms with van der Waals surface area (Å²) in [5.74, 6) is -0.863. The number of carbonyl (C=O) groups excluding carboxylic acids is 2. The highest BCUT2D eigenvalue weighted by molar-refractivity contribution is 14.1. The molecule has 27 heavy (non-hydrogen) atoms. The van der Waals surface area contributed by atoms with Crippen molar-refractivity contribution in [3.63, 3.8) is 0 Å². The third-order valence-corrected chi connectivity index (χ3v) is 4.94. The molecule has 0 spiro atoms. The Balaban J connectivity index is 1.68. The molecule has 0 saturated carbocycles. The molecule has 3 aromatic rings. The number of esters is 1. The lowest BCUT2D eigenvalue weighted by Crippen LogP contribution is -2.33. The molecule has 0 bridgehead atoms. The first-order valence-electron chi connectivity index (χ1n) is 8.46. The number of ether oxygens (including phenoxy) is 1. The molecule has 0 aliphatic heterocycles. The van der Waals surface area contributed by atoms with Crippen LogP contribution in [0.25, 0.3) is 0 Å². The summed E-state index contributed by atoms with van der Waals surface area (Å²) >= 11 is 2.07. The third kappa shape index (κ3) is 5.17. The Kier molecular flexibility index (Phi) is 6.59. The maximum Gasteiger partial charge on any atom is 0.339 e. The third-order valence-electron chi connectivity index (χ3n) is 4.00. The lowest BCUT2D eigenvalue weighted by Gasteiger charge is -2.20. The second-order valence-corrected chi connectivity index (χ2v) is 7.04. The van der Waals surface area contributed by atoms with E-state index in [1.165, 1.54) is 0 Å². The number of nitrogens with one attached hydrogen (secondary N) is 1. The average molecular weight is 471 g/mol. The molecule has 4 nitrogen and oxygen atoms in total. The summed E-state index contributed by atoms with van der Waals surface area (Å²) in [6.45, 7) is -0.333. The molecule has 0 fully saturated rings. The lowest BCUT2D eigenvalue weighted by atomic mass is 9.99. The van der Waals surface area contributed by atoms with Gasteiger partial charge >= 0.3 is 5.97 Å². The molecule has 0 aliphatic rings. The van der Waals surface area contributed by atoms with Crippen LogP contribution in [0.2, 0.25) is 0 Å². The van der Waals surface area contributed by atoms with Crippen LogP contribution in [0.5, 0.6) is 0 Å². The van der Waals surface area contributed by atoms with E-state index in [0.717, 1.165) is 14.7 Å². The first-order valence-corrected chi connectivity index (χ1v) is 9.54. The first-order chi connectivity index (χ1) is 13.1. The summed E-state index contributed by atoms with van der Waals surface area (Å²) in [4.78, 5) is 24.6. The van der Waals surface area contributed by atoms with Gasteiger partial charge in [-0.05, 0) is 45.9 Å². The second kappa shape index (κ2) is 9.32. The van der Waals surface area contributed by atoms with E-state index in [9.17, 15) is 9.59 Å². The Labute approximate surface area is 171 Å². The van der Waals surface area contributed by atoms with Gasteiger partial charge in [-0.15, -0.1) is 0 Å². The van der Waals surface area contributed by atoms with Crippen molar-refractivity contribution in [2.75, 3.05) is 6.61 Å². The molecule has 0 unspecified atom stereocenters. The van der Waals surface area contributed by atoms with Gasteiger partial charge in [0, 0.05) is 3.57 Å². The molecular formula is C22H18INO3. The van der Waals surface area contributed by atoms with E-state index in [1.807, 2.05) is 72.8 Å². The molecule has 1 amide bonds. The molecule has 1 N–H and O–H groups in total. The minimum atomic E-state index is -0.508. The van der Waals surface area contributed by atoms with Crippen LogP contribution < -0.4 is 5.32 Å². The molecule has 3 rings (SSSR count). The van der Waals surface area contributed by atoms with Crippen molar-refractivity contribution in [3.8, 4) is 0 Å². The molecule has 0 aromatic heterocycles. The normalized spacial score (nSPS) is 10.4. The Morgan fingerprint density at radius 1 is 0.815 bits per heavy atom. The van der Waals surface area contributed by atoms with E-state index < -0.39 is 5.97 Å². The minimum Gasteiger partial charge on any atom is -0.452 e. The van der Waals surface area contributed by atoms with Gasteiger partial charge in [-0.25, -0.2) is 4.79 Å². The topological polar surface area (TPSA) is 55.4 Å². The van der Waals surface area contributed by atoms with Crippen molar-refractivity contribution < 1.29 is 14.3 Å². The quantitative estimate of drug-likeness (QED) is 0.430. The number of rotatable bonds is 6. The zero-order valence-electron chi connectivity index (χ0n) is 14.5. The van der Waals surface area contributed by atoms with Crippen molar-refractivity contribution in [1.82, 2.24) is 5.32 Å². The van der Waals surface area contributed by atoms with Gasteiger partial charge in [0.15, 0.2) is 6.61 Å². The largest absolute Gasteiger partial charge is 0.452 e. The van der Waals surface area contributed by atoms with E-state index in [1.54, 1.807) is 12.1 Å². The molecule has 136 valence electrons. The maximum atomic E-state index is 12.4. The van der Waals surface area contributed by atoms with E-state index in [-0.39, 0.29) is 18.6 Å². The van der Waals surface area contributed by atoms with Crippen LogP contribution in [-0.2, 0) is 9.53 Å². The summed E-state index contributed by atoms with van der Waals surface area (Å²) in [7, 11) is 0. The van der Waals surface area contributed by atoms with Gasteiger partial charge < -0.3 is 10.1 Å². The Morgan fingerprint density at radius 2 is 1.33 bits per heavy atom. The fourth-order valence-electron chi connectivity index (χ4n) is 2.69. The van der Waals surface area contributed by atoms with Crippen LogP contribution >= 0.6 is 22.6 Å². The van der Waals surface area contributed by atoms with E-state index >= 15 is 0 Å². The molecule has 0 saturated heterocycles. The Morgan fingerprint density at radius 3 is 1.89 bits per heavy atom. The summed E-state index contributed by atoms with van der Waals surface area (Å²) < 4.78 is 5.97. The smallest absolute Gasteiger partial charge is 0.339 e. The standard InChI is InChI=1S/C22H18INO3/c23-19-14-8-7-13-18(19)22(26)27-15-20(25)24-21(16-9-3-1-4-10-16)17-11-5-2-6-12-17/h1-14,21H,15H2,(H,24,25). The maximum absolute atomic E-state index is 12.4. The van der Waals surface area contributed by atoms with Gasteiger partial charge in [0.2, 0.25) is 0 Å². The zero-order chi connectivity index (χ0) is 19.1. The second-order valence-electron chi connectivity index (χ2n) is 5.88. The number of hydrogen-bond acceptors (Lipinski definition) is 3. The zero-order valence-corrected chi connectivity index (χ0v) is 16.6. The number of amides is 1. The van der Waals surface area contributed by atoms with Gasteiger partial charge in [-0.2, -0.15) is 0 Å². The van der Waals surface area contributed by atoms with E-state index in [4.69, 9.17) is 4.74 Å². The highest BCUT2D eigenvalue weighted by atomic mass is 127. The van der Waals surface area contributed by atoms with Crippen LogP contribution in [0.15, 0.2) is 84.9 Å². The number of hydrogen-bond donors (Lipinski definition) is 1. The first kappa shape index (κ1) is 19.1. The predicted molar refractivity (Wildman–Crippen MR) is 112 cm³/mol. The number of carbonyl (C=O) groups is 2. The van der Waals surface area contributed by atoms with E-state index in [2.05, 4.69) is 27.9 Å². The summed E-state index contributed by atoms with van der Waals surface area (Å²) in [5.41, 5.74) is 2.37. The van der Waals surface area contributed by atoms with Crippen LogP contribution in [0, 0.1) is 3.57 Å². The summed E-state index contributed by atoms with van der Waals surface area (Å²) in [6.07, 6.45) is 0. The Hall–Kier alpha value is -2.67.